The number of ether oxygens (including phenoxy) is 1. The summed E-state index contributed by atoms with van der Waals surface area (Å²) in [6.45, 7) is 5.77. The van der Waals surface area contributed by atoms with Crippen molar-refractivity contribution in [1.29, 1.82) is 0 Å². The summed E-state index contributed by atoms with van der Waals surface area (Å²) in [5.74, 6) is 0.661. The fourth-order valence-corrected chi connectivity index (χ4v) is 0.746. The topological polar surface area (TPSA) is 9.23 Å². The summed E-state index contributed by atoms with van der Waals surface area (Å²) in [7, 11) is 0. The molecule has 0 spiro atoms. The van der Waals surface area contributed by atoms with E-state index >= 15 is 0 Å². The van der Waals surface area contributed by atoms with Crippen LogP contribution in [0.5, 0.6) is 0 Å². The van der Waals surface area contributed by atoms with E-state index in [1.54, 1.807) is 0 Å². The van der Waals surface area contributed by atoms with Crippen LogP contribution in [0.4, 0.5) is 0 Å². The Morgan fingerprint density at radius 1 is 1.33 bits per heavy atom. The molecule has 0 aromatic carbocycles. The molecule has 0 saturated carbocycles. The Kier molecular flexibility index (Phi) is 8.02. The molecule has 0 aliphatic carbocycles. The molecule has 1 rings (SSSR count). The quantitative estimate of drug-likeness (QED) is 0.468. The molecular formula is C6H11BrOZn. The van der Waals surface area contributed by atoms with Gasteiger partial charge in [-0.25, -0.2) is 0 Å². The number of hydrogen-bond donors (Lipinski definition) is 0. The van der Waals surface area contributed by atoms with Gasteiger partial charge in [0.1, 0.15) is 0 Å². The molecule has 0 amide bonds. The minimum absolute atomic E-state index is 0.661. The first-order valence-corrected chi connectivity index (χ1v) is 10.0. The fraction of sp³-hybridized carbons (Fsp3) is 0.833. The van der Waals surface area contributed by atoms with Crippen LogP contribution in [0.25, 0.3) is 0 Å². The van der Waals surface area contributed by atoms with Crippen LogP contribution in [-0.4, -0.2) is 13.2 Å². The molecule has 50 valence electrons. The van der Waals surface area contributed by atoms with Crippen LogP contribution in [0.1, 0.15) is 12.8 Å². The van der Waals surface area contributed by atoms with Crippen LogP contribution in [0.15, 0.2) is 0 Å². The van der Waals surface area contributed by atoms with Crippen molar-refractivity contribution in [3.05, 3.63) is 6.92 Å². The van der Waals surface area contributed by atoms with Crippen molar-refractivity contribution in [2.24, 2.45) is 5.92 Å². The van der Waals surface area contributed by atoms with Gasteiger partial charge < -0.3 is 11.7 Å². The van der Waals surface area contributed by atoms with Gasteiger partial charge in [-0.15, -0.1) is 0 Å². The van der Waals surface area contributed by atoms with Crippen molar-refractivity contribution in [2.45, 2.75) is 12.8 Å². The second kappa shape index (κ2) is 7.17. The third-order valence-corrected chi connectivity index (χ3v) is 1.34. The van der Waals surface area contributed by atoms with E-state index in [4.69, 9.17) is 4.74 Å². The van der Waals surface area contributed by atoms with Crippen LogP contribution >= 0.6 is 13.6 Å². The minimum atomic E-state index is 0.661. The van der Waals surface area contributed by atoms with Crippen molar-refractivity contribution >= 4 is 13.6 Å². The summed E-state index contributed by atoms with van der Waals surface area (Å²) in [4.78, 5) is 0. The zero-order valence-corrected chi connectivity index (χ0v) is 10.2. The van der Waals surface area contributed by atoms with E-state index in [1.807, 2.05) is 0 Å². The van der Waals surface area contributed by atoms with Gasteiger partial charge in [-0.2, -0.15) is 5.92 Å². The molecule has 0 radical (unpaired) electrons. The molecule has 0 aromatic heterocycles. The van der Waals surface area contributed by atoms with Gasteiger partial charge in [0.15, 0.2) is 0 Å². The Labute approximate surface area is 73.6 Å². The van der Waals surface area contributed by atoms with Crippen LogP contribution in [0, 0.1) is 12.8 Å². The Morgan fingerprint density at radius 3 is 2.00 bits per heavy atom. The molecule has 0 unspecified atom stereocenters. The summed E-state index contributed by atoms with van der Waals surface area (Å²) in [5.41, 5.74) is 0. The standard InChI is InChI=1S/C6H11O.BrH.Zn/c1-6-2-4-7-5-3-6;;/h6H,1-5H2;1H;/q-1;;+2/p-1. The average molecular weight is 244 g/mol. The molecule has 3 heteroatoms. The first-order valence-electron chi connectivity index (χ1n) is 3.07. The monoisotopic (exact) mass is 242 g/mol. The van der Waals surface area contributed by atoms with E-state index < -0.39 is 0 Å². The summed E-state index contributed by atoms with van der Waals surface area (Å²) in [6.07, 6.45) is 2.31. The van der Waals surface area contributed by atoms with Gasteiger partial charge in [-0.05, 0) is 0 Å². The molecule has 1 aliphatic rings. The van der Waals surface area contributed by atoms with E-state index in [2.05, 4.69) is 20.5 Å². The summed E-state index contributed by atoms with van der Waals surface area (Å²) < 4.78 is 5.10. The predicted octanol–water partition coefficient (Wildman–Crippen LogP) is 2.09. The van der Waals surface area contributed by atoms with Crippen LogP contribution < -0.4 is 0 Å². The Bertz CT molecular complexity index is 55.0. The first kappa shape index (κ1) is 10.1. The molecular weight excluding hydrogens is 233 g/mol. The van der Waals surface area contributed by atoms with Gasteiger partial charge in [0.05, 0.1) is 0 Å². The number of rotatable bonds is 0. The predicted molar refractivity (Wildman–Crippen MR) is 37.8 cm³/mol. The van der Waals surface area contributed by atoms with E-state index in [1.165, 1.54) is 16.3 Å². The molecule has 1 aliphatic heterocycles. The van der Waals surface area contributed by atoms with Crippen molar-refractivity contribution in [2.75, 3.05) is 13.2 Å². The molecule has 1 nitrogen and oxygen atoms in total. The maximum absolute atomic E-state index is 5.10. The molecule has 0 N–H and O–H groups in total. The van der Waals surface area contributed by atoms with Crippen LogP contribution in [0.2, 0.25) is 0 Å². The van der Waals surface area contributed by atoms with Crippen molar-refractivity contribution in [1.82, 2.24) is 0 Å². The number of hydrogen-bond acceptors (Lipinski definition) is 1. The Balaban J connectivity index is 0.000000291. The molecule has 0 aromatic rings. The van der Waals surface area contributed by atoms with Gasteiger partial charge in [0, 0.05) is 13.2 Å². The first-order chi connectivity index (χ1) is 4.39. The maximum atomic E-state index is 5.10. The van der Waals surface area contributed by atoms with Crippen molar-refractivity contribution < 1.29 is 21.1 Å². The Morgan fingerprint density at radius 2 is 1.78 bits per heavy atom. The van der Waals surface area contributed by atoms with E-state index in [9.17, 15) is 0 Å². The van der Waals surface area contributed by atoms with Gasteiger partial charge in [0.25, 0.3) is 0 Å². The molecule has 0 bridgehead atoms. The fourth-order valence-electron chi connectivity index (χ4n) is 0.746. The van der Waals surface area contributed by atoms with E-state index in [-0.39, 0.29) is 0 Å². The second-order valence-electron chi connectivity index (χ2n) is 2.06. The van der Waals surface area contributed by atoms with Crippen LogP contribution in [-0.2, 0) is 21.1 Å². The van der Waals surface area contributed by atoms with Crippen molar-refractivity contribution in [3.8, 4) is 0 Å². The number of halogens is 1. The second-order valence-corrected chi connectivity index (χ2v) is 2.06. The summed E-state index contributed by atoms with van der Waals surface area (Å²) in [6, 6.07) is 0. The zero-order chi connectivity index (χ0) is 7.11. The summed E-state index contributed by atoms with van der Waals surface area (Å²) >= 11 is 4.25. The van der Waals surface area contributed by atoms with Crippen LogP contribution in [0.3, 0.4) is 0 Å². The van der Waals surface area contributed by atoms with Gasteiger partial charge in [0.2, 0.25) is 0 Å². The van der Waals surface area contributed by atoms with Gasteiger partial charge >= 0.3 is 30.0 Å². The molecule has 1 saturated heterocycles. The molecule has 1 heterocycles. The molecule has 1 fully saturated rings. The van der Waals surface area contributed by atoms with E-state index in [0.29, 0.717) is 5.92 Å². The Hall–Kier alpha value is 1.06. The molecule has 9 heavy (non-hydrogen) atoms. The average Bonchev–Trinajstić information content (AvgIpc) is 1.94. The molecule has 0 atom stereocenters. The third-order valence-electron chi connectivity index (χ3n) is 1.34. The normalized spacial score (nSPS) is 20.4. The summed E-state index contributed by atoms with van der Waals surface area (Å²) in [5, 5.41) is 0. The SMILES string of the molecule is [CH2-]C1CCOCC1.[Zn+][Br]. The van der Waals surface area contributed by atoms with Gasteiger partial charge in [-0.1, -0.05) is 12.8 Å². The van der Waals surface area contributed by atoms with Crippen molar-refractivity contribution in [3.63, 3.8) is 0 Å². The zero-order valence-electron chi connectivity index (χ0n) is 5.61. The third kappa shape index (κ3) is 5.50. The van der Waals surface area contributed by atoms with Gasteiger partial charge in [-0.3, -0.25) is 0 Å². The van der Waals surface area contributed by atoms with E-state index in [0.717, 1.165) is 26.1 Å².